The molecule has 0 N–H and O–H groups in total. The third-order valence-corrected chi connectivity index (χ3v) is 5.14. The second kappa shape index (κ2) is 7.95. The number of hydrogen-bond acceptors (Lipinski definition) is 3. The molecule has 0 aliphatic heterocycles. The molecule has 0 aromatic heterocycles. The van der Waals surface area contributed by atoms with Gasteiger partial charge in [-0.2, -0.15) is 0 Å². The van der Waals surface area contributed by atoms with Crippen molar-refractivity contribution in [1.82, 2.24) is 0 Å². The summed E-state index contributed by atoms with van der Waals surface area (Å²) < 4.78 is 11.5. The van der Waals surface area contributed by atoms with Crippen molar-refractivity contribution >= 4 is 14.3 Å². The Morgan fingerprint density at radius 1 is 1.25 bits per heavy atom. The zero-order chi connectivity index (χ0) is 17.6. The van der Waals surface area contributed by atoms with Gasteiger partial charge in [-0.15, -0.1) is 0 Å². The summed E-state index contributed by atoms with van der Waals surface area (Å²) in [5.41, 5.74) is 0.761. The van der Waals surface area contributed by atoms with Gasteiger partial charge in [-0.25, -0.2) is 4.79 Å². The zero-order valence-corrected chi connectivity index (χ0v) is 16.1. The van der Waals surface area contributed by atoms with E-state index in [1.54, 1.807) is 0 Å². The van der Waals surface area contributed by atoms with Gasteiger partial charge in [-0.1, -0.05) is 48.6 Å². The number of benzene rings is 1. The predicted octanol–water partition coefficient (Wildman–Crippen LogP) is 4.83. The molecular formula is C20H28O3Si. The van der Waals surface area contributed by atoms with Crippen LogP contribution in [0.1, 0.15) is 30.7 Å². The van der Waals surface area contributed by atoms with Gasteiger partial charge in [0, 0.05) is 12.0 Å². The Hall–Kier alpha value is -1.65. The van der Waals surface area contributed by atoms with E-state index in [2.05, 4.69) is 43.9 Å². The van der Waals surface area contributed by atoms with E-state index in [4.69, 9.17) is 9.16 Å². The Kier molecular flexibility index (Phi) is 6.19. The van der Waals surface area contributed by atoms with E-state index in [-0.39, 0.29) is 11.9 Å². The first-order chi connectivity index (χ1) is 11.4. The molecule has 3 nitrogen and oxygen atoms in total. The smallest absolute Gasteiger partial charge is 0.330 e. The molecule has 0 radical (unpaired) electrons. The minimum Gasteiger partial charge on any atom is -0.466 e. The maximum Gasteiger partial charge on any atom is 0.330 e. The molecule has 1 aromatic carbocycles. The van der Waals surface area contributed by atoms with E-state index < -0.39 is 13.9 Å². The number of carbonyl (C=O) groups excluding carboxylic acids is 1. The summed E-state index contributed by atoms with van der Waals surface area (Å²) in [6.07, 6.45) is 11.0. The lowest BCUT2D eigenvalue weighted by molar-refractivity contribution is -0.134. The van der Waals surface area contributed by atoms with Crippen molar-refractivity contribution in [3.8, 4) is 0 Å². The van der Waals surface area contributed by atoms with Crippen molar-refractivity contribution in [3.05, 3.63) is 60.2 Å². The fourth-order valence-corrected chi connectivity index (χ4v) is 4.74. The summed E-state index contributed by atoms with van der Waals surface area (Å²) in [7, 11) is -0.377. The van der Waals surface area contributed by atoms with Crippen LogP contribution >= 0.6 is 0 Å². The number of hydrogen-bond donors (Lipinski definition) is 0. The van der Waals surface area contributed by atoms with Crippen molar-refractivity contribution in [2.75, 3.05) is 7.11 Å². The molecule has 1 aliphatic rings. The average Bonchev–Trinajstić information content (AvgIpc) is 2.55. The summed E-state index contributed by atoms with van der Waals surface area (Å²) >= 11 is 0. The first kappa shape index (κ1) is 18.7. The van der Waals surface area contributed by atoms with E-state index in [0.29, 0.717) is 0 Å². The van der Waals surface area contributed by atoms with Gasteiger partial charge in [0.05, 0.1) is 12.7 Å². The van der Waals surface area contributed by atoms with Crippen LogP contribution in [0.25, 0.3) is 0 Å². The zero-order valence-electron chi connectivity index (χ0n) is 15.1. The van der Waals surface area contributed by atoms with Crippen LogP contribution in [0.5, 0.6) is 0 Å². The monoisotopic (exact) mass is 344 g/mol. The van der Waals surface area contributed by atoms with Gasteiger partial charge in [-0.05, 0) is 44.5 Å². The minimum atomic E-state index is -1.78. The lowest BCUT2D eigenvalue weighted by atomic mass is 9.76. The SMILES string of the molecule is COC(=O)/C=C/[C@@H](c1ccccc1)[C@]1(O[Si](C)(C)C)C=CCCC1. The molecule has 4 heteroatoms. The van der Waals surface area contributed by atoms with Gasteiger partial charge in [0.25, 0.3) is 0 Å². The fourth-order valence-electron chi connectivity index (χ4n) is 3.30. The maximum absolute atomic E-state index is 11.7. The molecule has 0 spiro atoms. The van der Waals surface area contributed by atoms with Crippen molar-refractivity contribution in [2.24, 2.45) is 0 Å². The molecule has 24 heavy (non-hydrogen) atoms. The van der Waals surface area contributed by atoms with Crippen LogP contribution in [0.15, 0.2) is 54.6 Å². The summed E-state index contributed by atoms with van der Waals surface area (Å²) in [6, 6.07) is 10.3. The van der Waals surface area contributed by atoms with Crippen LogP contribution in [0.4, 0.5) is 0 Å². The number of esters is 1. The number of methoxy groups -OCH3 is 1. The van der Waals surface area contributed by atoms with Gasteiger partial charge in [0.15, 0.2) is 8.32 Å². The minimum absolute atomic E-state index is 0.0129. The van der Waals surface area contributed by atoms with Crippen LogP contribution < -0.4 is 0 Å². The van der Waals surface area contributed by atoms with E-state index in [1.165, 1.54) is 13.2 Å². The molecule has 0 saturated heterocycles. The number of allylic oxidation sites excluding steroid dienone is 1. The van der Waals surface area contributed by atoms with Gasteiger partial charge in [0.1, 0.15) is 0 Å². The summed E-state index contributed by atoms with van der Waals surface area (Å²) in [4.78, 5) is 11.7. The number of rotatable bonds is 6. The summed E-state index contributed by atoms with van der Waals surface area (Å²) in [5.74, 6) is -0.347. The van der Waals surface area contributed by atoms with Crippen LogP contribution in [0.2, 0.25) is 19.6 Å². The van der Waals surface area contributed by atoms with E-state index in [0.717, 1.165) is 24.8 Å². The maximum atomic E-state index is 11.7. The molecule has 0 amide bonds. The quantitative estimate of drug-likeness (QED) is 0.321. The van der Waals surface area contributed by atoms with Crippen molar-refractivity contribution in [1.29, 1.82) is 0 Å². The first-order valence-electron chi connectivity index (χ1n) is 8.55. The first-order valence-corrected chi connectivity index (χ1v) is 12.0. The molecule has 1 aliphatic carbocycles. The molecule has 1 aromatic rings. The van der Waals surface area contributed by atoms with Crippen molar-refractivity contribution in [2.45, 2.75) is 50.4 Å². The second-order valence-corrected chi connectivity index (χ2v) is 11.7. The molecule has 0 unspecified atom stereocenters. The normalized spacial score (nSPS) is 22.5. The highest BCUT2D eigenvalue weighted by molar-refractivity contribution is 6.69. The van der Waals surface area contributed by atoms with Crippen LogP contribution in [-0.4, -0.2) is 27.0 Å². The van der Waals surface area contributed by atoms with Crippen LogP contribution in [0, 0.1) is 0 Å². The van der Waals surface area contributed by atoms with Crippen LogP contribution in [0.3, 0.4) is 0 Å². The standard InChI is InChI=1S/C20H28O3Si/c1-22-19(21)14-13-18(17-11-7-5-8-12-17)20(23-24(2,3)4)15-9-6-10-16-20/h5,7-9,11-15,18H,6,10,16H2,1-4H3/b14-13+/t18-,20-/m0/s1. The Bertz CT molecular complexity index is 601. The third kappa shape index (κ3) is 4.92. The topological polar surface area (TPSA) is 35.5 Å². The second-order valence-electron chi connectivity index (χ2n) is 7.23. The Morgan fingerprint density at radius 2 is 1.96 bits per heavy atom. The van der Waals surface area contributed by atoms with Crippen LogP contribution in [-0.2, 0) is 14.0 Å². The molecule has 2 rings (SSSR count). The van der Waals surface area contributed by atoms with E-state index >= 15 is 0 Å². The Balaban J connectivity index is 2.48. The fraction of sp³-hybridized carbons (Fsp3) is 0.450. The Morgan fingerprint density at radius 3 is 2.50 bits per heavy atom. The van der Waals surface area contributed by atoms with E-state index in [1.807, 2.05) is 24.3 Å². The highest BCUT2D eigenvalue weighted by Gasteiger charge is 2.41. The number of carbonyl (C=O) groups is 1. The molecule has 0 bridgehead atoms. The van der Waals surface area contributed by atoms with E-state index in [9.17, 15) is 4.79 Å². The van der Waals surface area contributed by atoms with Crippen molar-refractivity contribution in [3.63, 3.8) is 0 Å². The lowest BCUT2D eigenvalue weighted by Gasteiger charge is -2.44. The lowest BCUT2D eigenvalue weighted by Crippen LogP contribution is -2.46. The van der Waals surface area contributed by atoms with Gasteiger partial charge in [0.2, 0.25) is 0 Å². The largest absolute Gasteiger partial charge is 0.466 e. The van der Waals surface area contributed by atoms with Gasteiger partial charge in [-0.3, -0.25) is 0 Å². The summed E-state index contributed by atoms with van der Waals surface area (Å²) in [5, 5.41) is 0. The molecule has 0 fully saturated rings. The molecular weight excluding hydrogens is 316 g/mol. The highest BCUT2D eigenvalue weighted by Crippen LogP contribution is 2.42. The average molecular weight is 345 g/mol. The van der Waals surface area contributed by atoms with Gasteiger partial charge >= 0.3 is 5.97 Å². The third-order valence-electron chi connectivity index (χ3n) is 4.15. The van der Waals surface area contributed by atoms with Gasteiger partial charge < -0.3 is 9.16 Å². The molecule has 2 atom stereocenters. The molecule has 0 heterocycles. The Labute approximate surface area is 146 Å². The van der Waals surface area contributed by atoms with Crippen molar-refractivity contribution < 1.29 is 14.0 Å². The summed E-state index contributed by atoms with van der Waals surface area (Å²) in [6.45, 7) is 6.63. The number of ether oxygens (including phenoxy) is 1. The predicted molar refractivity (Wildman–Crippen MR) is 100 cm³/mol. The molecule has 0 saturated carbocycles. The highest BCUT2D eigenvalue weighted by atomic mass is 28.4. The molecule has 130 valence electrons.